The van der Waals surface area contributed by atoms with Crippen LogP contribution in [0.15, 0.2) is 17.1 Å². The third kappa shape index (κ3) is 9.33. The number of aromatic nitrogens is 2. The third-order valence-electron chi connectivity index (χ3n) is 5.73. The Morgan fingerprint density at radius 1 is 1.16 bits per heavy atom. The molecule has 2 rings (SSSR count). The van der Waals surface area contributed by atoms with Crippen molar-refractivity contribution in [2.75, 3.05) is 11.9 Å². The van der Waals surface area contributed by atoms with Crippen LogP contribution in [0.2, 0.25) is 0 Å². The first-order valence-corrected chi connectivity index (χ1v) is 12.8. The first-order valence-electron chi connectivity index (χ1n) is 12.8. The zero-order valence-corrected chi connectivity index (χ0v) is 22.0. The number of hydrogen-bond acceptors (Lipinski definition) is 8. The van der Waals surface area contributed by atoms with Crippen molar-refractivity contribution in [1.29, 1.82) is 0 Å². The molecule has 0 saturated carbocycles. The Bertz CT molecular complexity index is 949. The number of hydrogen-bond donors (Lipinski definition) is 2. The molecule has 0 unspecified atom stereocenters. The number of carbonyl (C=O) groups excluding carboxylic acids is 2. The minimum Gasteiger partial charge on any atom is -0.453 e. The Morgan fingerprint density at radius 2 is 1.78 bits per heavy atom. The molecule has 1 aliphatic rings. The molecular formula is C25H39F2N3O7. The van der Waals surface area contributed by atoms with E-state index in [0.717, 1.165) is 37.9 Å². The molecule has 1 aliphatic heterocycles. The van der Waals surface area contributed by atoms with Gasteiger partial charge in [0.25, 0.3) is 0 Å². The van der Waals surface area contributed by atoms with E-state index >= 15 is 8.78 Å². The van der Waals surface area contributed by atoms with E-state index in [0.29, 0.717) is 11.0 Å². The van der Waals surface area contributed by atoms with E-state index < -0.39 is 54.3 Å². The van der Waals surface area contributed by atoms with E-state index in [4.69, 9.17) is 14.2 Å². The van der Waals surface area contributed by atoms with Gasteiger partial charge in [-0.2, -0.15) is 13.8 Å². The fourth-order valence-electron chi connectivity index (χ4n) is 3.93. The highest BCUT2D eigenvalue weighted by Crippen LogP contribution is 2.44. The van der Waals surface area contributed by atoms with Gasteiger partial charge in [0, 0.05) is 12.6 Å². The number of nitrogens with zero attached hydrogens (tertiary/aromatic N) is 2. The summed E-state index contributed by atoms with van der Waals surface area (Å²) >= 11 is 0. The van der Waals surface area contributed by atoms with Crippen LogP contribution >= 0.6 is 0 Å². The Balaban J connectivity index is 1.98. The maximum absolute atomic E-state index is 15.2. The first-order chi connectivity index (χ1) is 17.4. The van der Waals surface area contributed by atoms with Crippen LogP contribution in [0.5, 0.6) is 0 Å². The standard InChI is InChI=1S/C25H39F2N3O7/c1-5-6-7-8-9-10-11-12-13-19(32)36-20-17(16-31)35-21(25(20,26)27)30-15-14-18(28-22(30)33)29-23(34)37-24(2,3)4/h14-15,17,20-21,31H,5-13,16H2,1-4H3,(H,28,29,33,34)/t17-,20-,21-/m1/s1. The van der Waals surface area contributed by atoms with Gasteiger partial charge in [0.05, 0.1) is 6.61 Å². The fraction of sp³-hybridized carbons (Fsp3) is 0.760. The van der Waals surface area contributed by atoms with Gasteiger partial charge >= 0.3 is 23.7 Å². The Morgan fingerprint density at radius 3 is 2.35 bits per heavy atom. The van der Waals surface area contributed by atoms with Gasteiger partial charge in [-0.1, -0.05) is 51.9 Å². The second kappa shape index (κ2) is 13.8. The summed E-state index contributed by atoms with van der Waals surface area (Å²) in [4.78, 5) is 40.2. The predicted molar refractivity (Wildman–Crippen MR) is 131 cm³/mol. The van der Waals surface area contributed by atoms with Gasteiger partial charge in [-0.15, -0.1) is 0 Å². The quantitative estimate of drug-likeness (QED) is 0.280. The van der Waals surface area contributed by atoms with Crippen LogP contribution in [0, 0.1) is 0 Å². The lowest BCUT2D eigenvalue weighted by molar-refractivity contribution is -0.176. The van der Waals surface area contributed by atoms with E-state index in [1.54, 1.807) is 20.8 Å². The Hall–Kier alpha value is -2.60. The average molecular weight is 532 g/mol. The Labute approximate surface area is 215 Å². The highest BCUT2D eigenvalue weighted by Gasteiger charge is 2.62. The summed E-state index contributed by atoms with van der Waals surface area (Å²) in [5.74, 6) is -4.85. The molecule has 37 heavy (non-hydrogen) atoms. The maximum Gasteiger partial charge on any atom is 0.413 e. The first kappa shape index (κ1) is 30.6. The summed E-state index contributed by atoms with van der Waals surface area (Å²) in [7, 11) is 0. The van der Waals surface area contributed by atoms with Gasteiger partial charge in [-0.05, 0) is 33.3 Å². The van der Waals surface area contributed by atoms with Crippen molar-refractivity contribution in [2.45, 2.75) is 115 Å². The monoisotopic (exact) mass is 531 g/mol. The molecule has 10 nitrogen and oxygen atoms in total. The summed E-state index contributed by atoms with van der Waals surface area (Å²) in [6.07, 6.45) is 2.29. The van der Waals surface area contributed by atoms with E-state index in [2.05, 4.69) is 17.2 Å². The number of aliphatic hydroxyl groups excluding tert-OH is 1. The molecule has 1 amide bonds. The van der Waals surface area contributed by atoms with Gasteiger partial charge in [0.2, 0.25) is 6.23 Å². The topological polar surface area (TPSA) is 129 Å². The SMILES string of the molecule is CCCCCCCCCCC(=O)O[C@@H]1[C@@H](CO)O[C@@H](n2ccc(NC(=O)OC(C)(C)C)nc2=O)C1(F)F. The number of aliphatic hydroxyl groups is 1. The number of amides is 1. The number of carbonyl (C=O) groups is 2. The van der Waals surface area contributed by atoms with Crippen molar-refractivity contribution in [2.24, 2.45) is 0 Å². The fourth-order valence-corrected chi connectivity index (χ4v) is 3.93. The largest absolute Gasteiger partial charge is 0.453 e. The van der Waals surface area contributed by atoms with Crippen molar-refractivity contribution in [3.63, 3.8) is 0 Å². The lowest BCUT2D eigenvalue weighted by Gasteiger charge is -2.24. The minimum absolute atomic E-state index is 0.0309. The second-order valence-electron chi connectivity index (χ2n) is 10.1. The second-order valence-corrected chi connectivity index (χ2v) is 10.1. The summed E-state index contributed by atoms with van der Waals surface area (Å²) in [6, 6.07) is 1.13. The highest BCUT2D eigenvalue weighted by atomic mass is 19.3. The molecule has 3 atom stereocenters. The number of halogens is 2. The number of esters is 1. The van der Waals surface area contributed by atoms with E-state index in [9.17, 15) is 19.5 Å². The normalized spacial score (nSPS) is 21.0. The lowest BCUT2D eigenvalue weighted by Crippen LogP contribution is -2.44. The van der Waals surface area contributed by atoms with Crippen molar-refractivity contribution < 1.29 is 37.7 Å². The summed E-state index contributed by atoms with van der Waals surface area (Å²) in [5.41, 5.74) is -1.93. The molecule has 1 aromatic heterocycles. The van der Waals surface area contributed by atoms with Crippen LogP contribution in [0.4, 0.5) is 19.4 Å². The molecule has 2 N–H and O–H groups in total. The maximum atomic E-state index is 15.2. The highest BCUT2D eigenvalue weighted by molar-refractivity contribution is 5.83. The predicted octanol–water partition coefficient (Wildman–Crippen LogP) is 4.56. The summed E-state index contributed by atoms with van der Waals surface area (Å²) in [5, 5.41) is 11.8. The number of ether oxygens (including phenoxy) is 3. The zero-order chi connectivity index (χ0) is 27.6. The molecule has 2 heterocycles. The van der Waals surface area contributed by atoms with Crippen LogP contribution < -0.4 is 11.0 Å². The molecule has 1 saturated heterocycles. The lowest BCUT2D eigenvalue weighted by atomic mass is 10.1. The molecule has 0 bridgehead atoms. The van der Waals surface area contributed by atoms with Gasteiger partial charge < -0.3 is 19.3 Å². The molecule has 0 radical (unpaired) electrons. The van der Waals surface area contributed by atoms with Crippen molar-refractivity contribution in [3.05, 3.63) is 22.7 Å². The number of alkyl halides is 2. The molecule has 210 valence electrons. The van der Waals surface area contributed by atoms with Crippen LogP contribution in [-0.2, 0) is 19.0 Å². The van der Waals surface area contributed by atoms with Gasteiger partial charge in [0.1, 0.15) is 17.5 Å². The van der Waals surface area contributed by atoms with Crippen molar-refractivity contribution in [1.82, 2.24) is 9.55 Å². The van der Waals surface area contributed by atoms with Gasteiger partial charge in [-0.25, -0.2) is 9.59 Å². The van der Waals surface area contributed by atoms with E-state index in [-0.39, 0.29) is 12.2 Å². The van der Waals surface area contributed by atoms with E-state index in [1.165, 1.54) is 19.3 Å². The van der Waals surface area contributed by atoms with Crippen LogP contribution in [0.25, 0.3) is 0 Å². The van der Waals surface area contributed by atoms with Crippen LogP contribution in [0.3, 0.4) is 0 Å². The minimum atomic E-state index is -3.83. The van der Waals surface area contributed by atoms with Crippen molar-refractivity contribution >= 4 is 17.9 Å². The third-order valence-corrected chi connectivity index (χ3v) is 5.73. The smallest absolute Gasteiger partial charge is 0.413 e. The summed E-state index contributed by atoms with van der Waals surface area (Å²) < 4.78 is 46.3. The number of anilines is 1. The van der Waals surface area contributed by atoms with Crippen LogP contribution in [-0.4, -0.2) is 57.1 Å². The molecule has 1 fully saturated rings. The van der Waals surface area contributed by atoms with Crippen LogP contribution in [0.1, 0.15) is 91.7 Å². The zero-order valence-electron chi connectivity index (χ0n) is 22.0. The molecule has 0 aromatic carbocycles. The summed E-state index contributed by atoms with van der Waals surface area (Å²) in [6.45, 7) is 6.24. The molecular weight excluding hydrogens is 492 g/mol. The Kier molecular flexibility index (Phi) is 11.4. The molecule has 0 spiro atoms. The van der Waals surface area contributed by atoms with Gasteiger partial charge in [-0.3, -0.25) is 14.7 Å². The number of rotatable bonds is 13. The number of unbranched alkanes of at least 4 members (excludes halogenated alkanes) is 7. The van der Waals surface area contributed by atoms with Gasteiger partial charge in [0.15, 0.2) is 6.10 Å². The number of nitrogens with one attached hydrogen (secondary N) is 1. The average Bonchev–Trinajstić information content (AvgIpc) is 3.04. The molecule has 0 aliphatic carbocycles. The van der Waals surface area contributed by atoms with Crippen molar-refractivity contribution in [3.8, 4) is 0 Å². The molecule has 12 heteroatoms. The molecule has 1 aromatic rings. The van der Waals surface area contributed by atoms with E-state index in [1.807, 2.05) is 0 Å².